The predicted molar refractivity (Wildman–Crippen MR) is 78.4 cm³/mol. The summed E-state index contributed by atoms with van der Waals surface area (Å²) < 4.78 is 33.9. The lowest BCUT2D eigenvalue weighted by Crippen LogP contribution is -2.51. The topological polar surface area (TPSA) is 75.9 Å². The molecule has 0 aromatic carbocycles. The van der Waals surface area contributed by atoms with Crippen LogP contribution in [0.4, 0.5) is 0 Å². The van der Waals surface area contributed by atoms with E-state index in [2.05, 4.69) is 0 Å². The summed E-state index contributed by atoms with van der Waals surface area (Å²) >= 11 is 0. The molecule has 0 bridgehead atoms. The second-order valence-corrected chi connectivity index (χ2v) is 7.86. The SMILES string of the molecule is COCC1CCCN(S(=O)(=O)N2CCCC(CN)C2)C1. The summed E-state index contributed by atoms with van der Waals surface area (Å²) in [5.74, 6) is 0.622. The van der Waals surface area contributed by atoms with E-state index in [0.717, 1.165) is 25.7 Å². The van der Waals surface area contributed by atoms with Gasteiger partial charge in [-0.05, 0) is 44.1 Å². The first-order chi connectivity index (χ1) is 9.57. The van der Waals surface area contributed by atoms with Gasteiger partial charge in [-0.1, -0.05) is 0 Å². The van der Waals surface area contributed by atoms with Crippen molar-refractivity contribution in [3.8, 4) is 0 Å². The second-order valence-electron chi connectivity index (χ2n) is 5.93. The Morgan fingerprint density at radius 2 is 1.65 bits per heavy atom. The summed E-state index contributed by atoms with van der Waals surface area (Å²) in [5.41, 5.74) is 5.70. The minimum Gasteiger partial charge on any atom is -0.384 e. The molecule has 2 unspecified atom stereocenters. The molecule has 2 atom stereocenters. The molecule has 0 spiro atoms. The van der Waals surface area contributed by atoms with Gasteiger partial charge in [0, 0.05) is 33.3 Å². The molecule has 20 heavy (non-hydrogen) atoms. The number of hydrogen-bond acceptors (Lipinski definition) is 4. The lowest BCUT2D eigenvalue weighted by Gasteiger charge is -2.38. The van der Waals surface area contributed by atoms with E-state index < -0.39 is 10.2 Å². The first kappa shape index (κ1) is 16.2. The number of piperidine rings is 2. The van der Waals surface area contributed by atoms with Crippen LogP contribution in [0.25, 0.3) is 0 Å². The Hall–Kier alpha value is -0.210. The number of rotatable bonds is 5. The van der Waals surface area contributed by atoms with Gasteiger partial charge < -0.3 is 10.5 Å². The van der Waals surface area contributed by atoms with E-state index in [1.54, 1.807) is 15.7 Å². The lowest BCUT2D eigenvalue weighted by molar-refractivity contribution is 0.115. The van der Waals surface area contributed by atoms with E-state index in [1.807, 2.05) is 0 Å². The summed E-state index contributed by atoms with van der Waals surface area (Å²) in [6, 6.07) is 0. The van der Waals surface area contributed by atoms with Crippen molar-refractivity contribution in [1.82, 2.24) is 8.61 Å². The zero-order valence-corrected chi connectivity index (χ0v) is 13.1. The van der Waals surface area contributed by atoms with Crippen LogP contribution in [0.5, 0.6) is 0 Å². The van der Waals surface area contributed by atoms with Gasteiger partial charge in [-0.15, -0.1) is 0 Å². The lowest BCUT2D eigenvalue weighted by atomic mass is 10.0. The van der Waals surface area contributed by atoms with Gasteiger partial charge in [-0.2, -0.15) is 17.0 Å². The summed E-state index contributed by atoms with van der Waals surface area (Å²) in [5, 5.41) is 0. The predicted octanol–water partition coefficient (Wildman–Crippen LogP) is 0.260. The third-order valence-corrected chi connectivity index (χ3v) is 6.32. The van der Waals surface area contributed by atoms with Gasteiger partial charge in [0.15, 0.2) is 0 Å². The third kappa shape index (κ3) is 3.71. The molecule has 2 fully saturated rings. The van der Waals surface area contributed by atoms with E-state index >= 15 is 0 Å². The molecule has 0 aromatic heterocycles. The van der Waals surface area contributed by atoms with E-state index in [-0.39, 0.29) is 0 Å². The van der Waals surface area contributed by atoms with Gasteiger partial charge in [-0.25, -0.2) is 0 Å². The molecular weight excluding hydrogens is 278 g/mol. The number of ether oxygens (including phenoxy) is 1. The molecule has 2 aliphatic rings. The molecule has 7 heteroatoms. The standard InChI is InChI=1S/C13H27N3O3S/c1-19-11-13-5-3-7-16(10-13)20(17,18)15-6-2-4-12(8-14)9-15/h12-13H,2-11,14H2,1H3. The molecule has 2 rings (SSSR count). The normalized spacial score (nSPS) is 30.5. The van der Waals surface area contributed by atoms with Crippen LogP contribution in [0.1, 0.15) is 25.7 Å². The van der Waals surface area contributed by atoms with E-state index in [4.69, 9.17) is 10.5 Å². The van der Waals surface area contributed by atoms with E-state index in [0.29, 0.717) is 51.2 Å². The van der Waals surface area contributed by atoms with Crippen molar-refractivity contribution in [2.24, 2.45) is 17.6 Å². The van der Waals surface area contributed by atoms with Gasteiger partial charge in [0.25, 0.3) is 10.2 Å². The Morgan fingerprint density at radius 3 is 2.20 bits per heavy atom. The molecule has 6 nitrogen and oxygen atoms in total. The zero-order valence-electron chi connectivity index (χ0n) is 12.3. The number of nitrogens with zero attached hydrogens (tertiary/aromatic N) is 2. The highest BCUT2D eigenvalue weighted by Crippen LogP contribution is 2.25. The summed E-state index contributed by atoms with van der Waals surface area (Å²) in [6.45, 7) is 3.62. The molecule has 0 aliphatic carbocycles. The van der Waals surface area contributed by atoms with Crippen molar-refractivity contribution in [2.75, 3.05) is 46.4 Å². The van der Waals surface area contributed by atoms with Crippen LogP contribution < -0.4 is 5.73 Å². The quantitative estimate of drug-likeness (QED) is 0.790. The van der Waals surface area contributed by atoms with Gasteiger partial charge in [-0.3, -0.25) is 0 Å². The highest BCUT2D eigenvalue weighted by atomic mass is 32.2. The van der Waals surface area contributed by atoms with Crippen LogP contribution >= 0.6 is 0 Å². The fourth-order valence-corrected chi connectivity index (χ4v) is 5.04. The van der Waals surface area contributed by atoms with Gasteiger partial charge in [0.05, 0.1) is 6.61 Å². The Balaban J connectivity index is 2.01. The van der Waals surface area contributed by atoms with Gasteiger partial charge in [0.2, 0.25) is 0 Å². The first-order valence-corrected chi connectivity index (χ1v) is 8.92. The number of hydrogen-bond donors (Lipinski definition) is 1. The summed E-state index contributed by atoms with van der Waals surface area (Å²) in [6.07, 6.45) is 3.91. The minimum absolute atomic E-state index is 0.304. The molecule has 0 radical (unpaired) electrons. The van der Waals surface area contributed by atoms with Crippen LogP contribution in [0, 0.1) is 11.8 Å². The maximum atomic E-state index is 12.7. The molecule has 0 amide bonds. The molecule has 2 heterocycles. The average molecular weight is 305 g/mol. The van der Waals surface area contributed by atoms with Crippen LogP contribution in [-0.4, -0.2) is 63.5 Å². The zero-order chi connectivity index (χ0) is 14.6. The third-order valence-electron chi connectivity index (χ3n) is 4.35. The maximum Gasteiger partial charge on any atom is 0.281 e. The molecule has 118 valence electrons. The minimum atomic E-state index is -3.32. The Morgan fingerprint density at radius 1 is 1.10 bits per heavy atom. The smallest absolute Gasteiger partial charge is 0.281 e. The van der Waals surface area contributed by atoms with Crippen LogP contribution in [0.2, 0.25) is 0 Å². The van der Waals surface area contributed by atoms with Crippen LogP contribution in [0.3, 0.4) is 0 Å². The number of nitrogens with two attached hydrogens (primary N) is 1. The second kappa shape index (κ2) is 7.17. The van der Waals surface area contributed by atoms with Crippen molar-refractivity contribution in [2.45, 2.75) is 25.7 Å². The van der Waals surface area contributed by atoms with Crippen molar-refractivity contribution in [1.29, 1.82) is 0 Å². The van der Waals surface area contributed by atoms with Crippen molar-refractivity contribution in [3.05, 3.63) is 0 Å². The van der Waals surface area contributed by atoms with E-state index in [1.165, 1.54) is 0 Å². The van der Waals surface area contributed by atoms with Crippen LogP contribution in [-0.2, 0) is 14.9 Å². The van der Waals surface area contributed by atoms with E-state index in [9.17, 15) is 8.42 Å². The fraction of sp³-hybridized carbons (Fsp3) is 1.00. The molecule has 2 aliphatic heterocycles. The highest BCUT2D eigenvalue weighted by molar-refractivity contribution is 7.86. The highest BCUT2D eigenvalue weighted by Gasteiger charge is 2.35. The number of methoxy groups -OCH3 is 1. The summed E-state index contributed by atoms with van der Waals surface area (Å²) in [4.78, 5) is 0. The van der Waals surface area contributed by atoms with Crippen molar-refractivity contribution >= 4 is 10.2 Å². The summed E-state index contributed by atoms with van der Waals surface area (Å²) in [7, 11) is -1.65. The average Bonchev–Trinajstić information content (AvgIpc) is 2.48. The maximum absolute atomic E-state index is 12.7. The van der Waals surface area contributed by atoms with Crippen molar-refractivity contribution < 1.29 is 13.2 Å². The Kier molecular flexibility index (Phi) is 5.80. The molecule has 2 N–H and O–H groups in total. The Labute approximate surface area is 122 Å². The van der Waals surface area contributed by atoms with Gasteiger partial charge in [0.1, 0.15) is 0 Å². The molecular formula is C13H27N3O3S. The molecule has 0 aromatic rings. The van der Waals surface area contributed by atoms with Gasteiger partial charge >= 0.3 is 0 Å². The first-order valence-electron chi connectivity index (χ1n) is 7.52. The van der Waals surface area contributed by atoms with Crippen LogP contribution in [0.15, 0.2) is 0 Å². The fourth-order valence-electron chi connectivity index (χ4n) is 3.20. The van der Waals surface area contributed by atoms with Crippen molar-refractivity contribution in [3.63, 3.8) is 0 Å². The molecule has 0 saturated carbocycles. The molecule has 2 saturated heterocycles. The largest absolute Gasteiger partial charge is 0.384 e. The Bertz CT molecular complexity index is 400. The monoisotopic (exact) mass is 305 g/mol.